The van der Waals surface area contributed by atoms with Crippen LogP contribution in [0.15, 0.2) is 29.3 Å². The zero-order chi connectivity index (χ0) is 18.8. The molecule has 0 saturated carbocycles. The van der Waals surface area contributed by atoms with Gasteiger partial charge in [0.1, 0.15) is 11.6 Å². The van der Waals surface area contributed by atoms with E-state index < -0.39 is 0 Å². The van der Waals surface area contributed by atoms with Crippen LogP contribution in [0.1, 0.15) is 43.4 Å². The Morgan fingerprint density at radius 3 is 2.54 bits per heavy atom. The summed E-state index contributed by atoms with van der Waals surface area (Å²) in [5.41, 5.74) is 1.13. The summed E-state index contributed by atoms with van der Waals surface area (Å²) in [4.78, 5) is 4.69. The molecule has 0 spiro atoms. The fourth-order valence-corrected chi connectivity index (χ4v) is 2.43. The Labute approximate surface area is 155 Å². The molecule has 2 rings (SSSR count). The molecule has 0 unspecified atom stereocenters. The molecule has 0 amide bonds. The molecule has 2 aromatic rings. The smallest absolute Gasteiger partial charge is 0.191 e. The lowest BCUT2D eigenvalue weighted by Gasteiger charge is -2.12. The molecule has 0 atom stereocenters. The molecule has 0 radical (unpaired) electrons. The predicted molar refractivity (Wildman–Crippen MR) is 104 cm³/mol. The molecule has 0 aliphatic heterocycles. The van der Waals surface area contributed by atoms with E-state index in [2.05, 4.69) is 27.8 Å². The maximum absolute atomic E-state index is 5.20. The van der Waals surface area contributed by atoms with Crippen LogP contribution >= 0.6 is 0 Å². The van der Waals surface area contributed by atoms with Crippen LogP contribution in [0.5, 0.6) is 5.75 Å². The number of aliphatic imine (C=N–C) groups is 1. The number of aryl methyl sites for hydroxylation is 1. The average Bonchev–Trinajstić information content (AvgIpc) is 2.99. The van der Waals surface area contributed by atoms with Crippen molar-refractivity contribution < 1.29 is 4.74 Å². The number of benzene rings is 1. The molecule has 0 aliphatic carbocycles. The second-order valence-corrected chi connectivity index (χ2v) is 6.22. The molecule has 7 heteroatoms. The van der Waals surface area contributed by atoms with Gasteiger partial charge in [0.2, 0.25) is 0 Å². The highest BCUT2D eigenvalue weighted by Crippen LogP contribution is 2.11. The maximum atomic E-state index is 5.20. The van der Waals surface area contributed by atoms with E-state index in [4.69, 9.17) is 9.73 Å². The number of guanidine groups is 1. The number of ether oxygens (including phenoxy) is 1. The molecule has 0 aliphatic rings. The summed E-state index contributed by atoms with van der Waals surface area (Å²) in [6.07, 6.45) is 3.54. The number of aromatic nitrogens is 3. The summed E-state index contributed by atoms with van der Waals surface area (Å²) in [5, 5.41) is 15.0. The third kappa shape index (κ3) is 6.06. The van der Waals surface area contributed by atoms with E-state index in [1.165, 1.54) is 12.8 Å². The third-order valence-electron chi connectivity index (χ3n) is 4.25. The number of hydrogen-bond acceptors (Lipinski definition) is 4. The molecule has 1 aromatic carbocycles. The summed E-state index contributed by atoms with van der Waals surface area (Å²) < 4.78 is 7.17. The standard InChI is InChI=1S/C19H30N6O/c1-5-6-7-12-20-19(22-14-18-24-23-15(2)25(18)3)21-13-16-8-10-17(26-4)11-9-16/h8-11H,5-7,12-14H2,1-4H3,(H2,20,21,22). The van der Waals surface area contributed by atoms with Crippen LogP contribution in [0.2, 0.25) is 0 Å². The first-order chi connectivity index (χ1) is 12.6. The van der Waals surface area contributed by atoms with E-state index in [1.54, 1.807) is 7.11 Å². The van der Waals surface area contributed by atoms with Gasteiger partial charge in [0.05, 0.1) is 20.2 Å². The molecule has 1 heterocycles. The highest BCUT2D eigenvalue weighted by atomic mass is 16.5. The molecule has 0 saturated heterocycles. The van der Waals surface area contributed by atoms with E-state index in [-0.39, 0.29) is 0 Å². The average molecular weight is 358 g/mol. The maximum Gasteiger partial charge on any atom is 0.191 e. The SMILES string of the molecule is CCCCCNC(=NCc1ccc(OC)cc1)NCc1nnc(C)n1C. The van der Waals surface area contributed by atoms with E-state index in [9.17, 15) is 0 Å². The highest BCUT2D eigenvalue weighted by Gasteiger charge is 2.06. The van der Waals surface area contributed by atoms with Crippen molar-refractivity contribution in [1.29, 1.82) is 0 Å². The Hall–Kier alpha value is -2.57. The lowest BCUT2D eigenvalue weighted by Crippen LogP contribution is -2.38. The summed E-state index contributed by atoms with van der Waals surface area (Å²) in [6.45, 7) is 6.23. The van der Waals surface area contributed by atoms with E-state index in [0.717, 1.165) is 41.9 Å². The molecular weight excluding hydrogens is 328 g/mol. The van der Waals surface area contributed by atoms with Gasteiger partial charge in [-0.3, -0.25) is 0 Å². The van der Waals surface area contributed by atoms with Crippen LogP contribution in [0.3, 0.4) is 0 Å². The number of rotatable bonds is 9. The normalized spacial score (nSPS) is 11.5. The predicted octanol–water partition coefficient (Wildman–Crippen LogP) is 2.56. The van der Waals surface area contributed by atoms with Gasteiger partial charge in [-0.05, 0) is 31.0 Å². The first-order valence-electron chi connectivity index (χ1n) is 9.14. The van der Waals surface area contributed by atoms with E-state index >= 15 is 0 Å². The second-order valence-electron chi connectivity index (χ2n) is 6.22. The summed E-state index contributed by atoms with van der Waals surface area (Å²) in [6, 6.07) is 7.97. The first kappa shape index (κ1) is 19.8. The quantitative estimate of drug-likeness (QED) is 0.409. The Kier molecular flexibility index (Phi) is 7.92. The number of hydrogen-bond donors (Lipinski definition) is 2. The van der Waals surface area contributed by atoms with Gasteiger partial charge in [0.25, 0.3) is 0 Å². The minimum atomic E-state index is 0.583. The van der Waals surface area contributed by atoms with Gasteiger partial charge in [-0.25, -0.2) is 4.99 Å². The van der Waals surface area contributed by atoms with Crippen molar-refractivity contribution in [2.24, 2.45) is 12.0 Å². The van der Waals surface area contributed by atoms with Gasteiger partial charge in [-0.15, -0.1) is 10.2 Å². The van der Waals surface area contributed by atoms with Gasteiger partial charge >= 0.3 is 0 Å². The van der Waals surface area contributed by atoms with Gasteiger partial charge < -0.3 is 19.9 Å². The zero-order valence-electron chi connectivity index (χ0n) is 16.2. The molecule has 26 heavy (non-hydrogen) atoms. The minimum Gasteiger partial charge on any atom is -0.497 e. The molecule has 7 nitrogen and oxygen atoms in total. The monoisotopic (exact) mass is 358 g/mol. The number of unbranched alkanes of at least 4 members (excludes halogenated alkanes) is 2. The van der Waals surface area contributed by atoms with Crippen molar-refractivity contribution in [1.82, 2.24) is 25.4 Å². The van der Waals surface area contributed by atoms with Crippen LogP contribution in [0, 0.1) is 6.92 Å². The molecule has 142 valence electrons. The molecule has 0 fully saturated rings. The number of methoxy groups -OCH3 is 1. The first-order valence-corrected chi connectivity index (χ1v) is 9.14. The minimum absolute atomic E-state index is 0.583. The lowest BCUT2D eigenvalue weighted by atomic mass is 10.2. The summed E-state index contributed by atoms with van der Waals surface area (Å²) in [7, 11) is 3.64. The van der Waals surface area contributed by atoms with Gasteiger partial charge in [0.15, 0.2) is 11.8 Å². The number of nitrogens with zero attached hydrogens (tertiary/aromatic N) is 4. The van der Waals surface area contributed by atoms with Crippen molar-refractivity contribution in [2.45, 2.75) is 46.2 Å². The van der Waals surface area contributed by atoms with Crippen molar-refractivity contribution in [2.75, 3.05) is 13.7 Å². The van der Waals surface area contributed by atoms with Crippen molar-refractivity contribution in [3.63, 3.8) is 0 Å². The summed E-state index contributed by atoms with van der Waals surface area (Å²) >= 11 is 0. The number of nitrogens with one attached hydrogen (secondary N) is 2. The molecule has 0 bridgehead atoms. The molecular formula is C19H30N6O. The molecule has 2 N–H and O–H groups in total. The summed E-state index contributed by atoms with van der Waals surface area (Å²) in [5.74, 6) is 3.42. The Morgan fingerprint density at radius 1 is 1.15 bits per heavy atom. The van der Waals surface area contributed by atoms with E-state index in [1.807, 2.05) is 42.8 Å². The van der Waals surface area contributed by atoms with Crippen LogP contribution in [0.4, 0.5) is 0 Å². The van der Waals surface area contributed by atoms with Crippen LogP contribution in [0.25, 0.3) is 0 Å². The Balaban J connectivity index is 1.97. The van der Waals surface area contributed by atoms with Crippen LogP contribution < -0.4 is 15.4 Å². The van der Waals surface area contributed by atoms with Gasteiger partial charge in [-0.1, -0.05) is 31.9 Å². The van der Waals surface area contributed by atoms with Crippen molar-refractivity contribution in [3.8, 4) is 5.75 Å². The Morgan fingerprint density at radius 2 is 1.92 bits per heavy atom. The fourth-order valence-electron chi connectivity index (χ4n) is 2.43. The lowest BCUT2D eigenvalue weighted by molar-refractivity contribution is 0.414. The zero-order valence-corrected chi connectivity index (χ0v) is 16.2. The van der Waals surface area contributed by atoms with Crippen LogP contribution in [-0.4, -0.2) is 34.4 Å². The largest absolute Gasteiger partial charge is 0.497 e. The molecule has 1 aromatic heterocycles. The Bertz CT molecular complexity index is 693. The van der Waals surface area contributed by atoms with Crippen LogP contribution in [-0.2, 0) is 20.1 Å². The fraction of sp³-hybridized carbons (Fsp3) is 0.526. The van der Waals surface area contributed by atoms with Gasteiger partial charge in [-0.2, -0.15) is 0 Å². The topological polar surface area (TPSA) is 76.4 Å². The highest BCUT2D eigenvalue weighted by molar-refractivity contribution is 5.79. The van der Waals surface area contributed by atoms with E-state index in [0.29, 0.717) is 13.1 Å². The van der Waals surface area contributed by atoms with Crippen molar-refractivity contribution in [3.05, 3.63) is 41.5 Å². The third-order valence-corrected chi connectivity index (χ3v) is 4.25. The van der Waals surface area contributed by atoms with Gasteiger partial charge in [0, 0.05) is 13.6 Å². The van der Waals surface area contributed by atoms with Crippen molar-refractivity contribution >= 4 is 5.96 Å². The second kappa shape index (κ2) is 10.4.